The first-order valence-electron chi connectivity index (χ1n) is 11.6. The summed E-state index contributed by atoms with van der Waals surface area (Å²) in [6, 6.07) is 10.8. The Morgan fingerprint density at radius 2 is 1.85 bits per heavy atom. The minimum absolute atomic E-state index is 0.00832. The molecule has 1 aromatic heterocycles. The Morgan fingerprint density at radius 3 is 2.56 bits per heavy atom. The van der Waals surface area contributed by atoms with Crippen molar-refractivity contribution in [3.05, 3.63) is 53.2 Å². The molecular weight excluding hydrogens is 434 g/mol. The number of benzene rings is 2. The van der Waals surface area contributed by atoms with Gasteiger partial charge in [0.15, 0.2) is 11.5 Å². The number of nitrogens with zero attached hydrogens (tertiary/aromatic N) is 2. The first-order valence-corrected chi connectivity index (χ1v) is 11.6. The smallest absolute Gasteiger partial charge is 0.274 e. The summed E-state index contributed by atoms with van der Waals surface area (Å²) in [5.41, 5.74) is 3.54. The van der Waals surface area contributed by atoms with Crippen LogP contribution < -0.4 is 5.32 Å². The molecule has 2 heterocycles. The van der Waals surface area contributed by atoms with Gasteiger partial charge in [0.1, 0.15) is 11.5 Å². The van der Waals surface area contributed by atoms with Gasteiger partial charge in [-0.2, -0.15) is 0 Å². The summed E-state index contributed by atoms with van der Waals surface area (Å²) in [6.45, 7) is 9.88. The lowest BCUT2D eigenvalue weighted by molar-refractivity contribution is 0.0342. The molecule has 3 N–H and O–H groups in total. The molecule has 0 unspecified atom stereocenters. The van der Waals surface area contributed by atoms with Crippen molar-refractivity contribution in [3.8, 4) is 33.9 Å². The molecule has 0 aliphatic carbocycles. The van der Waals surface area contributed by atoms with Gasteiger partial charge >= 0.3 is 0 Å². The third-order valence-corrected chi connectivity index (χ3v) is 6.04. The number of hydrogen-bond acceptors (Lipinski definition) is 7. The van der Waals surface area contributed by atoms with E-state index in [4.69, 9.17) is 9.26 Å². The number of hydrogen-bond donors (Lipinski definition) is 3. The summed E-state index contributed by atoms with van der Waals surface area (Å²) < 4.78 is 11.2. The molecule has 0 spiro atoms. The number of phenols is 2. The van der Waals surface area contributed by atoms with Crippen LogP contribution >= 0.6 is 0 Å². The lowest BCUT2D eigenvalue weighted by atomic mass is 9.92. The number of morpholine rings is 1. The average molecular weight is 466 g/mol. The third-order valence-electron chi connectivity index (χ3n) is 6.04. The Hall–Kier alpha value is -3.36. The second-order valence-corrected chi connectivity index (χ2v) is 8.72. The minimum Gasteiger partial charge on any atom is -0.508 e. The number of carbonyl (C=O) groups excluding carboxylic acids is 1. The van der Waals surface area contributed by atoms with Gasteiger partial charge in [0, 0.05) is 32.2 Å². The Labute approximate surface area is 199 Å². The van der Waals surface area contributed by atoms with E-state index in [1.54, 1.807) is 6.07 Å². The van der Waals surface area contributed by atoms with Crippen molar-refractivity contribution in [1.82, 2.24) is 15.4 Å². The van der Waals surface area contributed by atoms with E-state index in [1.807, 2.05) is 45.0 Å². The number of ether oxygens (including phenoxy) is 1. The molecule has 1 saturated heterocycles. The first kappa shape index (κ1) is 23.8. The lowest BCUT2D eigenvalue weighted by Crippen LogP contribution is -2.35. The standard InChI is InChI=1S/C26H31N3O5/c1-4-27-26(32)24-23(18-8-6-5-7-17(18)15-29-9-11-33-12-10-29)25(34-28-24)20-13-19(16(2)3)21(30)14-22(20)31/h5-8,13-14,16,30-31H,4,9-12,15H2,1-3H3,(H,27,32). The highest BCUT2D eigenvalue weighted by Gasteiger charge is 2.28. The molecule has 3 aromatic rings. The zero-order valence-electron chi connectivity index (χ0n) is 19.8. The number of nitrogens with one attached hydrogen (secondary N) is 1. The highest BCUT2D eigenvalue weighted by molar-refractivity contribution is 6.03. The van der Waals surface area contributed by atoms with Crippen LogP contribution in [0.3, 0.4) is 0 Å². The second-order valence-electron chi connectivity index (χ2n) is 8.72. The molecule has 1 aliphatic rings. The molecule has 1 amide bonds. The van der Waals surface area contributed by atoms with Gasteiger partial charge in [0.2, 0.25) is 0 Å². The number of carbonyl (C=O) groups is 1. The molecule has 180 valence electrons. The van der Waals surface area contributed by atoms with Crippen molar-refractivity contribution in [1.29, 1.82) is 0 Å². The zero-order chi connectivity index (χ0) is 24.2. The predicted octanol–water partition coefficient (Wildman–Crippen LogP) is 4.13. The van der Waals surface area contributed by atoms with Gasteiger partial charge in [0.05, 0.1) is 24.3 Å². The number of rotatable bonds is 7. The maximum atomic E-state index is 12.9. The van der Waals surface area contributed by atoms with Gasteiger partial charge in [-0.15, -0.1) is 0 Å². The Morgan fingerprint density at radius 1 is 1.12 bits per heavy atom. The summed E-state index contributed by atoms with van der Waals surface area (Å²) in [6.07, 6.45) is 0. The molecule has 1 fully saturated rings. The quantitative estimate of drug-likeness (QED) is 0.482. The van der Waals surface area contributed by atoms with Crippen LogP contribution in [-0.2, 0) is 11.3 Å². The molecule has 2 aromatic carbocycles. The summed E-state index contributed by atoms with van der Waals surface area (Å²) in [7, 11) is 0. The number of aromatic hydroxyl groups is 2. The molecule has 8 nitrogen and oxygen atoms in total. The van der Waals surface area contributed by atoms with Gasteiger partial charge in [-0.05, 0) is 35.6 Å². The van der Waals surface area contributed by atoms with Crippen molar-refractivity contribution in [2.75, 3.05) is 32.8 Å². The summed E-state index contributed by atoms with van der Waals surface area (Å²) in [5, 5.41) is 28.0. The zero-order valence-corrected chi connectivity index (χ0v) is 19.8. The fourth-order valence-corrected chi connectivity index (χ4v) is 4.26. The van der Waals surface area contributed by atoms with Crippen LogP contribution in [0.1, 0.15) is 48.3 Å². The van der Waals surface area contributed by atoms with Gasteiger partial charge in [0.25, 0.3) is 5.91 Å². The van der Waals surface area contributed by atoms with Crippen LogP contribution in [0.5, 0.6) is 11.5 Å². The van der Waals surface area contributed by atoms with Crippen LogP contribution in [-0.4, -0.2) is 59.0 Å². The van der Waals surface area contributed by atoms with Crippen LogP contribution in [0.25, 0.3) is 22.5 Å². The first-order chi connectivity index (χ1) is 16.4. The maximum Gasteiger partial charge on any atom is 0.274 e. The normalized spacial score (nSPS) is 14.5. The van der Waals surface area contributed by atoms with E-state index >= 15 is 0 Å². The highest BCUT2D eigenvalue weighted by Crippen LogP contribution is 2.43. The van der Waals surface area contributed by atoms with E-state index in [-0.39, 0.29) is 34.8 Å². The van der Waals surface area contributed by atoms with Gasteiger partial charge in [-0.25, -0.2) is 0 Å². The summed E-state index contributed by atoms with van der Waals surface area (Å²) >= 11 is 0. The van der Waals surface area contributed by atoms with E-state index in [0.717, 1.165) is 24.2 Å². The average Bonchev–Trinajstić information content (AvgIpc) is 3.25. The molecule has 34 heavy (non-hydrogen) atoms. The van der Waals surface area contributed by atoms with E-state index in [2.05, 4.69) is 15.4 Å². The van der Waals surface area contributed by atoms with Crippen molar-refractivity contribution < 1.29 is 24.3 Å². The predicted molar refractivity (Wildman–Crippen MR) is 129 cm³/mol. The molecule has 0 atom stereocenters. The van der Waals surface area contributed by atoms with E-state index in [9.17, 15) is 15.0 Å². The van der Waals surface area contributed by atoms with E-state index in [1.165, 1.54) is 6.07 Å². The monoisotopic (exact) mass is 465 g/mol. The van der Waals surface area contributed by atoms with Crippen molar-refractivity contribution >= 4 is 5.91 Å². The molecule has 0 saturated carbocycles. The lowest BCUT2D eigenvalue weighted by Gasteiger charge is -2.27. The van der Waals surface area contributed by atoms with Crippen molar-refractivity contribution in [2.24, 2.45) is 0 Å². The van der Waals surface area contributed by atoms with Crippen molar-refractivity contribution in [3.63, 3.8) is 0 Å². The van der Waals surface area contributed by atoms with Crippen LogP contribution in [0.2, 0.25) is 0 Å². The molecule has 8 heteroatoms. The van der Waals surface area contributed by atoms with E-state index in [0.29, 0.717) is 43.0 Å². The Kier molecular flexibility index (Phi) is 7.19. The molecule has 0 radical (unpaired) electrons. The minimum atomic E-state index is -0.351. The fraction of sp³-hybridized carbons (Fsp3) is 0.385. The number of aromatic nitrogens is 1. The molecular formula is C26H31N3O5. The topological polar surface area (TPSA) is 108 Å². The molecule has 1 aliphatic heterocycles. The molecule has 0 bridgehead atoms. The number of amides is 1. The van der Waals surface area contributed by atoms with Gasteiger partial charge < -0.3 is 24.8 Å². The Bertz CT molecular complexity index is 1170. The van der Waals surface area contributed by atoms with Gasteiger partial charge in [-0.3, -0.25) is 9.69 Å². The second kappa shape index (κ2) is 10.3. The van der Waals surface area contributed by atoms with Crippen LogP contribution in [0, 0.1) is 0 Å². The Balaban J connectivity index is 1.89. The van der Waals surface area contributed by atoms with Crippen LogP contribution in [0.15, 0.2) is 40.9 Å². The fourth-order valence-electron chi connectivity index (χ4n) is 4.26. The maximum absolute atomic E-state index is 12.9. The van der Waals surface area contributed by atoms with Crippen molar-refractivity contribution in [2.45, 2.75) is 33.2 Å². The third kappa shape index (κ3) is 4.78. The largest absolute Gasteiger partial charge is 0.508 e. The highest BCUT2D eigenvalue weighted by atomic mass is 16.5. The summed E-state index contributed by atoms with van der Waals surface area (Å²) in [4.78, 5) is 15.2. The number of phenolic OH excluding ortho intramolecular Hbond substituents is 2. The van der Waals surface area contributed by atoms with E-state index < -0.39 is 0 Å². The van der Waals surface area contributed by atoms with Crippen LogP contribution in [0.4, 0.5) is 0 Å². The van der Waals surface area contributed by atoms with Gasteiger partial charge in [-0.1, -0.05) is 43.3 Å². The SMILES string of the molecule is CCNC(=O)c1noc(-c2cc(C(C)C)c(O)cc2O)c1-c1ccccc1CN1CCOCC1. The molecule has 4 rings (SSSR count). The summed E-state index contributed by atoms with van der Waals surface area (Å²) in [5.74, 6) is -0.185.